The Kier molecular flexibility index (Phi) is 4.61. The topological polar surface area (TPSA) is 0 Å². The number of rotatable bonds is 5. The Morgan fingerprint density at radius 1 is 1.33 bits per heavy atom. The van der Waals surface area contributed by atoms with E-state index in [2.05, 4.69) is 51.6 Å². The van der Waals surface area contributed by atoms with Gasteiger partial charge in [0.2, 0.25) is 0 Å². The van der Waals surface area contributed by atoms with E-state index in [-0.39, 0.29) is 0 Å². The van der Waals surface area contributed by atoms with Crippen LogP contribution in [-0.4, -0.2) is 0 Å². The number of hydrogen-bond acceptors (Lipinski definition) is 0. The Morgan fingerprint density at radius 3 is 2.60 bits per heavy atom. The van der Waals surface area contributed by atoms with Gasteiger partial charge in [-0.15, -0.1) is 6.58 Å². The second kappa shape index (κ2) is 5.75. The maximum atomic E-state index is 3.97. The number of benzene rings is 1. The summed E-state index contributed by atoms with van der Waals surface area (Å²) < 4.78 is 0. The highest BCUT2D eigenvalue weighted by Crippen LogP contribution is 2.17. The largest absolute Gasteiger partial charge is 0.100 e. The Hall–Kier alpha value is -1.04. The molecule has 0 aromatic heterocycles. The zero-order valence-corrected chi connectivity index (χ0v) is 10.2. The molecule has 1 rings (SSSR count). The molecule has 0 aliphatic rings. The van der Waals surface area contributed by atoms with E-state index < -0.39 is 0 Å². The first kappa shape index (κ1) is 12.0. The molecular weight excluding hydrogens is 180 g/mol. The smallest absolute Gasteiger partial charge is 0.0274 e. The zero-order chi connectivity index (χ0) is 11.3. The van der Waals surface area contributed by atoms with Gasteiger partial charge in [0.1, 0.15) is 0 Å². The summed E-state index contributed by atoms with van der Waals surface area (Å²) in [5.74, 6) is 0.752. The van der Waals surface area contributed by atoms with Gasteiger partial charge in [-0.3, -0.25) is 0 Å². The van der Waals surface area contributed by atoms with Gasteiger partial charge in [-0.05, 0) is 50.2 Å². The lowest BCUT2D eigenvalue weighted by atomic mass is 9.94. The summed E-state index contributed by atoms with van der Waals surface area (Å²) in [7, 11) is 0. The van der Waals surface area contributed by atoms with Crippen LogP contribution in [0.25, 0.3) is 0 Å². The highest BCUT2D eigenvalue weighted by atomic mass is 14.1. The van der Waals surface area contributed by atoms with Crippen LogP contribution in [0.5, 0.6) is 0 Å². The van der Waals surface area contributed by atoms with Crippen molar-refractivity contribution >= 4 is 0 Å². The van der Waals surface area contributed by atoms with Crippen molar-refractivity contribution in [2.75, 3.05) is 0 Å². The fourth-order valence-corrected chi connectivity index (χ4v) is 1.99. The second-order valence-electron chi connectivity index (χ2n) is 4.73. The minimum Gasteiger partial charge on any atom is -0.100 e. The Labute approximate surface area is 94.0 Å². The van der Waals surface area contributed by atoms with Crippen molar-refractivity contribution in [2.45, 2.75) is 40.0 Å². The Morgan fingerprint density at radius 2 is 2.00 bits per heavy atom. The molecular formula is C15H22. The van der Waals surface area contributed by atoms with Crippen LogP contribution < -0.4 is 0 Å². The molecule has 0 aliphatic carbocycles. The first-order valence-electron chi connectivity index (χ1n) is 5.78. The van der Waals surface area contributed by atoms with Crippen molar-refractivity contribution in [3.8, 4) is 0 Å². The quantitative estimate of drug-likeness (QED) is 0.615. The Bertz CT molecular complexity index is 323. The molecule has 0 fully saturated rings. The van der Waals surface area contributed by atoms with Gasteiger partial charge in [0.05, 0.1) is 0 Å². The van der Waals surface area contributed by atoms with Crippen LogP contribution >= 0.6 is 0 Å². The van der Waals surface area contributed by atoms with Crippen LogP contribution in [0.15, 0.2) is 36.4 Å². The van der Waals surface area contributed by atoms with Crippen LogP contribution in [0, 0.1) is 12.8 Å². The molecule has 1 aromatic carbocycles. The van der Waals surface area contributed by atoms with E-state index in [9.17, 15) is 0 Å². The number of aryl methyl sites for hydroxylation is 2. The summed E-state index contributed by atoms with van der Waals surface area (Å²) in [4.78, 5) is 0. The maximum Gasteiger partial charge on any atom is -0.0274 e. The fraction of sp³-hybridized carbons (Fsp3) is 0.467. The van der Waals surface area contributed by atoms with Gasteiger partial charge in [-0.25, -0.2) is 0 Å². The van der Waals surface area contributed by atoms with E-state index >= 15 is 0 Å². The molecule has 82 valence electrons. The van der Waals surface area contributed by atoms with Crippen molar-refractivity contribution in [1.82, 2.24) is 0 Å². The van der Waals surface area contributed by atoms with Crippen LogP contribution in [0.2, 0.25) is 0 Å². The van der Waals surface area contributed by atoms with Crippen LogP contribution in [0.3, 0.4) is 0 Å². The SMILES string of the molecule is C=C(C)CC(C)CCc1ccccc1C. The Balaban J connectivity index is 2.43. The van der Waals surface area contributed by atoms with Gasteiger partial charge in [0, 0.05) is 0 Å². The average Bonchev–Trinajstić information content (AvgIpc) is 2.15. The van der Waals surface area contributed by atoms with Crippen molar-refractivity contribution in [1.29, 1.82) is 0 Å². The van der Waals surface area contributed by atoms with Crippen LogP contribution in [-0.2, 0) is 6.42 Å². The summed E-state index contributed by atoms with van der Waals surface area (Å²) in [6, 6.07) is 8.67. The molecule has 0 spiro atoms. The summed E-state index contributed by atoms with van der Waals surface area (Å²) in [5, 5.41) is 0. The summed E-state index contributed by atoms with van der Waals surface area (Å²) in [6.07, 6.45) is 3.62. The molecule has 0 heterocycles. The van der Waals surface area contributed by atoms with E-state index in [0.717, 1.165) is 12.3 Å². The predicted molar refractivity (Wildman–Crippen MR) is 68.1 cm³/mol. The second-order valence-corrected chi connectivity index (χ2v) is 4.73. The highest BCUT2D eigenvalue weighted by Gasteiger charge is 2.04. The molecule has 0 saturated carbocycles. The zero-order valence-electron chi connectivity index (χ0n) is 10.2. The van der Waals surface area contributed by atoms with Gasteiger partial charge < -0.3 is 0 Å². The van der Waals surface area contributed by atoms with Crippen molar-refractivity contribution in [3.05, 3.63) is 47.5 Å². The predicted octanol–water partition coefficient (Wildman–Crippen LogP) is 4.53. The number of hydrogen-bond donors (Lipinski definition) is 0. The lowest BCUT2D eigenvalue weighted by molar-refractivity contribution is 0.528. The molecule has 0 N–H and O–H groups in total. The van der Waals surface area contributed by atoms with Crippen molar-refractivity contribution in [3.63, 3.8) is 0 Å². The monoisotopic (exact) mass is 202 g/mol. The lowest BCUT2D eigenvalue weighted by Crippen LogP contribution is -1.99. The molecule has 0 amide bonds. The third-order valence-electron chi connectivity index (χ3n) is 2.86. The van der Waals surface area contributed by atoms with Gasteiger partial charge in [-0.1, -0.05) is 36.8 Å². The standard InChI is InChI=1S/C15H22/c1-12(2)11-13(3)9-10-15-8-6-5-7-14(15)4/h5-8,13H,1,9-11H2,2-4H3. The maximum absolute atomic E-state index is 3.97. The summed E-state index contributed by atoms with van der Waals surface area (Å²) in [6.45, 7) is 10.6. The first-order valence-corrected chi connectivity index (χ1v) is 5.78. The van der Waals surface area contributed by atoms with Crippen molar-refractivity contribution in [2.24, 2.45) is 5.92 Å². The fourth-order valence-electron chi connectivity index (χ4n) is 1.99. The molecule has 0 bridgehead atoms. The molecule has 0 radical (unpaired) electrons. The molecule has 1 atom stereocenters. The van der Waals surface area contributed by atoms with Gasteiger partial charge in [0.25, 0.3) is 0 Å². The van der Waals surface area contributed by atoms with E-state index in [1.165, 1.54) is 29.5 Å². The molecule has 0 heteroatoms. The van der Waals surface area contributed by atoms with Crippen molar-refractivity contribution < 1.29 is 0 Å². The van der Waals surface area contributed by atoms with Crippen LogP contribution in [0.1, 0.15) is 37.8 Å². The molecule has 1 aromatic rings. The first-order chi connectivity index (χ1) is 7.09. The van der Waals surface area contributed by atoms with Gasteiger partial charge >= 0.3 is 0 Å². The molecule has 15 heavy (non-hydrogen) atoms. The third-order valence-corrected chi connectivity index (χ3v) is 2.86. The average molecular weight is 202 g/mol. The molecule has 0 aliphatic heterocycles. The molecule has 0 saturated heterocycles. The summed E-state index contributed by atoms with van der Waals surface area (Å²) in [5.41, 5.74) is 4.21. The van der Waals surface area contributed by atoms with E-state index in [1.807, 2.05) is 0 Å². The van der Waals surface area contributed by atoms with E-state index in [0.29, 0.717) is 0 Å². The van der Waals surface area contributed by atoms with Gasteiger partial charge in [-0.2, -0.15) is 0 Å². The highest BCUT2D eigenvalue weighted by molar-refractivity contribution is 5.25. The molecule has 0 nitrogen and oxygen atoms in total. The lowest BCUT2D eigenvalue weighted by Gasteiger charge is -2.12. The van der Waals surface area contributed by atoms with Gasteiger partial charge in [0.15, 0.2) is 0 Å². The third kappa shape index (κ3) is 4.33. The minimum absolute atomic E-state index is 0.752. The normalized spacial score (nSPS) is 12.5. The van der Waals surface area contributed by atoms with E-state index in [4.69, 9.17) is 0 Å². The summed E-state index contributed by atoms with van der Waals surface area (Å²) >= 11 is 0. The molecule has 1 unspecified atom stereocenters. The minimum atomic E-state index is 0.752. The van der Waals surface area contributed by atoms with E-state index in [1.54, 1.807) is 0 Å². The number of allylic oxidation sites excluding steroid dienone is 1. The van der Waals surface area contributed by atoms with Crippen LogP contribution in [0.4, 0.5) is 0 Å².